The van der Waals surface area contributed by atoms with E-state index in [4.69, 9.17) is 9.84 Å². The van der Waals surface area contributed by atoms with E-state index in [1.165, 1.54) is 24.1 Å². The minimum atomic E-state index is -1.14. The molecule has 1 aliphatic heterocycles. The van der Waals surface area contributed by atoms with Crippen LogP contribution in [0.1, 0.15) is 36.0 Å². The zero-order valence-corrected chi connectivity index (χ0v) is 13.0. The number of para-hydroxylation sites is 1. The van der Waals surface area contributed by atoms with E-state index in [2.05, 4.69) is 5.32 Å². The summed E-state index contributed by atoms with van der Waals surface area (Å²) in [7, 11) is 1.34. The van der Waals surface area contributed by atoms with Crippen LogP contribution in [0, 0.1) is 0 Å². The molecular formula is C16H20N2O5. The topological polar surface area (TPSA) is 95.9 Å². The maximum Gasteiger partial charge on any atom is 0.339 e. The minimum absolute atomic E-state index is 0.0242. The first-order valence-corrected chi connectivity index (χ1v) is 7.51. The Labute approximate surface area is 134 Å². The first kappa shape index (κ1) is 16.8. The molecule has 1 aliphatic rings. The molecule has 2 rings (SSSR count). The maximum atomic E-state index is 12.2. The molecule has 2 amide bonds. The summed E-state index contributed by atoms with van der Waals surface area (Å²) in [6.45, 7) is 0.526. The first-order chi connectivity index (χ1) is 11.0. The lowest BCUT2D eigenvalue weighted by Gasteiger charge is -2.20. The van der Waals surface area contributed by atoms with E-state index in [-0.39, 0.29) is 35.4 Å². The van der Waals surface area contributed by atoms with Gasteiger partial charge in [-0.2, -0.15) is 0 Å². The Bertz CT molecular complexity index is 614. The zero-order valence-electron chi connectivity index (χ0n) is 13.0. The Morgan fingerprint density at radius 1 is 1.30 bits per heavy atom. The van der Waals surface area contributed by atoms with Crippen LogP contribution in [-0.4, -0.2) is 48.0 Å². The molecule has 0 atom stereocenters. The van der Waals surface area contributed by atoms with Gasteiger partial charge in [0.2, 0.25) is 11.8 Å². The van der Waals surface area contributed by atoms with Gasteiger partial charge in [-0.25, -0.2) is 4.79 Å². The van der Waals surface area contributed by atoms with Gasteiger partial charge in [0.15, 0.2) is 5.75 Å². The van der Waals surface area contributed by atoms with Gasteiger partial charge in [-0.15, -0.1) is 0 Å². The molecule has 7 heteroatoms. The highest BCUT2D eigenvalue weighted by molar-refractivity contribution is 5.99. The molecule has 0 radical (unpaired) electrons. The van der Waals surface area contributed by atoms with Crippen molar-refractivity contribution >= 4 is 23.5 Å². The second-order valence-electron chi connectivity index (χ2n) is 5.37. The molecule has 0 spiro atoms. The average molecular weight is 320 g/mol. The number of amides is 2. The molecule has 0 unspecified atom stereocenters. The Morgan fingerprint density at radius 3 is 2.78 bits per heavy atom. The number of nitrogens with zero attached hydrogens (tertiary/aromatic N) is 1. The van der Waals surface area contributed by atoms with E-state index in [0.717, 1.165) is 19.3 Å². The number of nitrogens with one attached hydrogen (secondary N) is 1. The Morgan fingerprint density at radius 2 is 2.09 bits per heavy atom. The van der Waals surface area contributed by atoms with Crippen molar-refractivity contribution < 1.29 is 24.2 Å². The number of methoxy groups -OCH3 is 1. The molecular weight excluding hydrogens is 300 g/mol. The SMILES string of the molecule is COc1c(NC(=O)CN2CCCCCC2=O)cccc1C(=O)O. The number of ether oxygens (including phenoxy) is 1. The Kier molecular flexibility index (Phi) is 5.56. The summed E-state index contributed by atoms with van der Waals surface area (Å²) in [5.74, 6) is -1.44. The molecule has 1 aromatic carbocycles. The Hall–Kier alpha value is -2.57. The summed E-state index contributed by atoms with van der Waals surface area (Å²) >= 11 is 0. The van der Waals surface area contributed by atoms with Crippen LogP contribution in [0.2, 0.25) is 0 Å². The highest BCUT2D eigenvalue weighted by Gasteiger charge is 2.21. The van der Waals surface area contributed by atoms with E-state index in [0.29, 0.717) is 13.0 Å². The van der Waals surface area contributed by atoms with Crippen LogP contribution in [0.4, 0.5) is 5.69 Å². The lowest BCUT2D eigenvalue weighted by molar-refractivity contribution is -0.134. The molecule has 0 aliphatic carbocycles. The average Bonchev–Trinajstić information content (AvgIpc) is 2.72. The van der Waals surface area contributed by atoms with Crippen LogP contribution >= 0.6 is 0 Å². The van der Waals surface area contributed by atoms with Crippen LogP contribution in [0.3, 0.4) is 0 Å². The van der Waals surface area contributed by atoms with Crippen molar-refractivity contribution in [2.75, 3.05) is 25.5 Å². The van der Waals surface area contributed by atoms with Gasteiger partial charge in [0.25, 0.3) is 0 Å². The molecule has 0 saturated carbocycles. The summed E-state index contributed by atoms with van der Waals surface area (Å²) in [6.07, 6.45) is 3.19. The fourth-order valence-corrected chi connectivity index (χ4v) is 2.59. The van der Waals surface area contributed by atoms with Crippen LogP contribution in [0.25, 0.3) is 0 Å². The van der Waals surface area contributed by atoms with Crippen molar-refractivity contribution in [1.29, 1.82) is 0 Å². The van der Waals surface area contributed by atoms with Crippen molar-refractivity contribution in [1.82, 2.24) is 4.90 Å². The zero-order chi connectivity index (χ0) is 16.8. The maximum absolute atomic E-state index is 12.2. The fourth-order valence-electron chi connectivity index (χ4n) is 2.59. The highest BCUT2D eigenvalue weighted by Crippen LogP contribution is 2.28. The highest BCUT2D eigenvalue weighted by atomic mass is 16.5. The van der Waals surface area contributed by atoms with Crippen molar-refractivity contribution in [3.63, 3.8) is 0 Å². The van der Waals surface area contributed by atoms with Crippen LogP contribution in [0.15, 0.2) is 18.2 Å². The van der Waals surface area contributed by atoms with Crippen molar-refractivity contribution in [2.24, 2.45) is 0 Å². The van der Waals surface area contributed by atoms with Crippen LogP contribution < -0.4 is 10.1 Å². The molecule has 0 aromatic heterocycles. The normalized spacial score (nSPS) is 15.0. The summed E-state index contributed by atoms with van der Waals surface area (Å²) in [5, 5.41) is 11.8. The predicted molar refractivity (Wildman–Crippen MR) is 83.6 cm³/mol. The number of benzene rings is 1. The molecule has 2 N–H and O–H groups in total. The lowest BCUT2D eigenvalue weighted by atomic mass is 10.1. The fraction of sp³-hybridized carbons (Fsp3) is 0.438. The first-order valence-electron chi connectivity index (χ1n) is 7.51. The van der Waals surface area contributed by atoms with Gasteiger partial charge < -0.3 is 20.1 Å². The van der Waals surface area contributed by atoms with Gasteiger partial charge in [-0.3, -0.25) is 9.59 Å². The lowest BCUT2D eigenvalue weighted by Crippen LogP contribution is -2.37. The van der Waals surface area contributed by atoms with Crippen molar-refractivity contribution in [3.8, 4) is 5.75 Å². The predicted octanol–water partition coefficient (Wildman–Crippen LogP) is 1.73. The molecule has 124 valence electrons. The number of carbonyl (C=O) groups is 3. The van der Waals surface area contributed by atoms with E-state index in [1.807, 2.05) is 0 Å². The number of anilines is 1. The molecule has 23 heavy (non-hydrogen) atoms. The van der Waals surface area contributed by atoms with Gasteiger partial charge >= 0.3 is 5.97 Å². The largest absolute Gasteiger partial charge is 0.494 e. The molecule has 0 bridgehead atoms. The number of hydrogen-bond donors (Lipinski definition) is 2. The van der Waals surface area contributed by atoms with Gasteiger partial charge in [0, 0.05) is 13.0 Å². The van der Waals surface area contributed by atoms with E-state index < -0.39 is 5.97 Å². The Balaban J connectivity index is 2.09. The van der Waals surface area contributed by atoms with E-state index in [1.54, 1.807) is 6.07 Å². The molecule has 1 heterocycles. The third-order valence-electron chi connectivity index (χ3n) is 3.73. The molecule has 7 nitrogen and oxygen atoms in total. The second-order valence-corrected chi connectivity index (χ2v) is 5.37. The summed E-state index contributed by atoms with van der Waals surface area (Å²) < 4.78 is 5.09. The number of aromatic carboxylic acids is 1. The van der Waals surface area contributed by atoms with Crippen LogP contribution in [-0.2, 0) is 9.59 Å². The van der Waals surface area contributed by atoms with Gasteiger partial charge in [0.05, 0.1) is 19.3 Å². The number of carboxylic acid groups (broad SMARTS) is 1. The molecule has 1 aromatic rings. The monoisotopic (exact) mass is 320 g/mol. The smallest absolute Gasteiger partial charge is 0.339 e. The standard InChI is InChI=1S/C16H20N2O5/c1-23-15-11(16(21)22)6-5-7-12(15)17-13(19)10-18-9-4-2-3-8-14(18)20/h5-7H,2-4,8-10H2,1H3,(H,17,19)(H,21,22). The van der Waals surface area contributed by atoms with Crippen LogP contribution in [0.5, 0.6) is 5.75 Å². The van der Waals surface area contributed by atoms with E-state index >= 15 is 0 Å². The summed E-state index contributed by atoms with van der Waals surface area (Å²) in [6, 6.07) is 4.49. The van der Waals surface area contributed by atoms with Gasteiger partial charge in [0.1, 0.15) is 5.56 Å². The van der Waals surface area contributed by atoms with E-state index in [9.17, 15) is 14.4 Å². The van der Waals surface area contributed by atoms with Gasteiger partial charge in [-0.1, -0.05) is 12.5 Å². The number of likely N-dealkylation sites (tertiary alicyclic amines) is 1. The number of rotatable bonds is 5. The third-order valence-corrected chi connectivity index (χ3v) is 3.73. The summed E-state index contributed by atoms with van der Waals surface area (Å²) in [4.78, 5) is 36.8. The van der Waals surface area contributed by atoms with Crippen molar-refractivity contribution in [3.05, 3.63) is 23.8 Å². The number of hydrogen-bond acceptors (Lipinski definition) is 4. The number of carbonyl (C=O) groups excluding carboxylic acids is 2. The van der Waals surface area contributed by atoms with Crippen molar-refractivity contribution in [2.45, 2.75) is 25.7 Å². The summed E-state index contributed by atoms with van der Waals surface area (Å²) in [5.41, 5.74) is 0.246. The quantitative estimate of drug-likeness (QED) is 0.861. The second kappa shape index (κ2) is 7.62. The minimum Gasteiger partial charge on any atom is -0.494 e. The number of carboxylic acids is 1. The molecule has 1 saturated heterocycles. The molecule has 1 fully saturated rings. The third kappa shape index (κ3) is 4.21. The van der Waals surface area contributed by atoms with Gasteiger partial charge in [-0.05, 0) is 25.0 Å².